The number of amides is 1. The Morgan fingerprint density at radius 3 is 2.81 bits per heavy atom. The summed E-state index contributed by atoms with van der Waals surface area (Å²) in [5.74, 6) is 0.442. The van der Waals surface area contributed by atoms with E-state index in [9.17, 15) is 4.79 Å². The third kappa shape index (κ3) is 3.21. The molecule has 0 N–H and O–H groups in total. The minimum Gasteiger partial charge on any atom is -0.431 e. The maximum Gasteiger partial charge on any atom is 0.257 e. The molecule has 0 saturated carbocycles. The fourth-order valence-corrected chi connectivity index (χ4v) is 5.31. The first-order valence-corrected chi connectivity index (χ1v) is 10.7. The van der Waals surface area contributed by atoms with Crippen LogP contribution in [0, 0.1) is 0 Å². The zero-order valence-corrected chi connectivity index (χ0v) is 16.1. The Bertz CT molecular complexity index is 1050. The summed E-state index contributed by atoms with van der Waals surface area (Å²) < 4.78 is 6.88. The predicted molar refractivity (Wildman–Crippen MR) is 108 cm³/mol. The Labute approximate surface area is 164 Å². The van der Waals surface area contributed by atoms with Crippen molar-refractivity contribution in [3.8, 4) is 0 Å². The number of likely N-dealkylation sites (tertiary alicyclic amines) is 1. The molecular formula is C20H17N3O2S2. The van der Waals surface area contributed by atoms with E-state index in [-0.39, 0.29) is 11.9 Å². The molecule has 27 heavy (non-hydrogen) atoms. The van der Waals surface area contributed by atoms with Gasteiger partial charge in [0.25, 0.3) is 5.22 Å². The summed E-state index contributed by atoms with van der Waals surface area (Å²) >= 11 is 3.05. The van der Waals surface area contributed by atoms with Crippen LogP contribution < -0.4 is 0 Å². The lowest BCUT2D eigenvalue weighted by molar-refractivity contribution is -0.129. The summed E-state index contributed by atoms with van der Waals surface area (Å²) in [7, 11) is 0. The number of oxazole rings is 1. The highest BCUT2D eigenvalue weighted by atomic mass is 32.2. The zero-order chi connectivity index (χ0) is 18.2. The molecule has 1 aliphatic heterocycles. The van der Waals surface area contributed by atoms with Gasteiger partial charge in [0.15, 0.2) is 5.58 Å². The molecule has 7 heteroatoms. The molecule has 0 aliphatic carbocycles. The molecule has 1 unspecified atom stereocenters. The van der Waals surface area contributed by atoms with Crippen LogP contribution >= 0.6 is 23.1 Å². The minimum absolute atomic E-state index is 0.0825. The van der Waals surface area contributed by atoms with Crippen molar-refractivity contribution in [3.63, 3.8) is 0 Å². The highest BCUT2D eigenvalue weighted by molar-refractivity contribution is 7.99. The highest BCUT2D eigenvalue weighted by Gasteiger charge is 2.32. The number of hydrogen-bond donors (Lipinski definition) is 0. The average Bonchev–Trinajstić information content (AvgIpc) is 3.42. The van der Waals surface area contributed by atoms with Crippen molar-refractivity contribution in [2.45, 2.75) is 24.1 Å². The predicted octanol–water partition coefficient (Wildman–Crippen LogP) is 4.89. The van der Waals surface area contributed by atoms with E-state index in [1.807, 2.05) is 47.4 Å². The lowest BCUT2D eigenvalue weighted by atomic mass is 10.2. The summed E-state index contributed by atoms with van der Waals surface area (Å²) in [4.78, 5) is 24.0. The lowest BCUT2D eigenvalue weighted by Crippen LogP contribution is -2.31. The summed E-state index contributed by atoms with van der Waals surface area (Å²) in [5, 5.41) is 1.58. The number of rotatable bonds is 4. The lowest BCUT2D eigenvalue weighted by Gasteiger charge is -2.22. The number of thioether (sulfide) groups is 1. The van der Waals surface area contributed by atoms with E-state index in [4.69, 9.17) is 9.40 Å². The van der Waals surface area contributed by atoms with Crippen molar-refractivity contribution in [3.05, 3.63) is 53.5 Å². The molecule has 2 aromatic heterocycles. The number of nitrogens with zero attached hydrogens (tertiary/aromatic N) is 3. The van der Waals surface area contributed by atoms with Crippen molar-refractivity contribution in [2.24, 2.45) is 0 Å². The SMILES string of the molecule is O=C(CSc1nc2ccccc2o1)N1CCCC1c1nc2ccccc2s1. The second-order valence-electron chi connectivity index (χ2n) is 6.50. The van der Waals surface area contributed by atoms with Gasteiger partial charge in [0, 0.05) is 6.54 Å². The van der Waals surface area contributed by atoms with E-state index in [1.54, 1.807) is 11.3 Å². The smallest absolute Gasteiger partial charge is 0.257 e. The molecule has 2 aromatic carbocycles. The second-order valence-corrected chi connectivity index (χ2v) is 8.49. The minimum atomic E-state index is 0.0825. The van der Waals surface area contributed by atoms with Crippen LogP contribution in [0.15, 0.2) is 58.2 Å². The van der Waals surface area contributed by atoms with Gasteiger partial charge in [0.05, 0.1) is 22.0 Å². The topological polar surface area (TPSA) is 59.2 Å². The van der Waals surface area contributed by atoms with E-state index in [1.165, 1.54) is 16.5 Å². The van der Waals surface area contributed by atoms with Crippen LogP contribution in [0.2, 0.25) is 0 Å². The Kier molecular flexibility index (Phi) is 4.33. The number of benzene rings is 2. The molecule has 1 fully saturated rings. The first kappa shape index (κ1) is 16.8. The Morgan fingerprint density at radius 1 is 1.15 bits per heavy atom. The molecule has 1 aliphatic rings. The number of fused-ring (bicyclic) bond motifs is 2. The van der Waals surface area contributed by atoms with Gasteiger partial charge in [-0.25, -0.2) is 9.97 Å². The molecule has 1 atom stereocenters. The third-order valence-corrected chi connectivity index (χ3v) is 6.71. The first-order valence-electron chi connectivity index (χ1n) is 8.91. The molecule has 0 spiro atoms. The normalized spacial score (nSPS) is 17.2. The number of carbonyl (C=O) groups excluding carboxylic acids is 1. The van der Waals surface area contributed by atoms with Crippen molar-refractivity contribution in [1.82, 2.24) is 14.9 Å². The molecule has 136 valence electrons. The van der Waals surface area contributed by atoms with Crippen LogP contribution in [-0.2, 0) is 4.79 Å². The fourth-order valence-electron chi connectivity index (χ4n) is 3.47. The molecule has 5 nitrogen and oxygen atoms in total. The van der Waals surface area contributed by atoms with Gasteiger partial charge in [-0.15, -0.1) is 11.3 Å². The summed E-state index contributed by atoms with van der Waals surface area (Å²) in [6.45, 7) is 0.785. The Hall–Kier alpha value is -2.38. The Morgan fingerprint density at radius 2 is 1.96 bits per heavy atom. The van der Waals surface area contributed by atoms with Crippen LogP contribution in [0.5, 0.6) is 0 Å². The van der Waals surface area contributed by atoms with E-state index < -0.39 is 0 Å². The van der Waals surface area contributed by atoms with Crippen LogP contribution in [0.4, 0.5) is 0 Å². The molecular weight excluding hydrogens is 378 g/mol. The monoisotopic (exact) mass is 395 g/mol. The number of para-hydroxylation sites is 3. The van der Waals surface area contributed by atoms with Gasteiger partial charge in [-0.1, -0.05) is 36.0 Å². The van der Waals surface area contributed by atoms with Crippen molar-refractivity contribution in [1.29, 1.82) is 0 Å². The quantitative estimate of drug-likeness (QED) is 0.460. The second kappa shape index (κ2) is 6.98. The molecule has 0 bridgehead atoms. The maximum absolute atomic E-state index is 12.8. The van der Waals surface area contributed by atoms with Gasteiger partial charge in [0.1, 0.15) is 10.5 Å². The third-order valence-electron chi connectivity index (χ3n) is 4.76. The van der Waals surface area contributed by atoms with E-state index in [0.717, 1.165) is 41.0 Å². The summed E-state index contributed by atoms with van der Waals surface area (Å²) in [6.07, 6.45) is 1.99. The van der Waals surface area contributed by atoms with Gasteiger partial charge in [-0.05, 0) is 37.1 Å². The fraction of sp³-hybridized carbons (Fsp3) is 0.250. The number of aromatic nitrogens is 2. The van der Waals surface area contributed by atoms with Crippen LogP contribution in [-0.4, -0.2) is 33.1 Å². The van der Waals surface area contributed by atoms with Crippen LogP contribution in [0.3, 0.4) is 0 Å². The van der Waals surface area contributed by atoms with E-state index >= 15 is 0 Å². The first-order chi connectivity index (χ1) is 13.3. The number of thiazole rings is 1. The molecule has 1 amide bonds. The molecule has 1 saturated heterocycles. The van der Waals surface area contributed by atoms with Gasteiger partial charge in [-0.2, -0.15) is 0 Å². The van der Waals surface area contributed by atoms with Crippen molar-refractivity contribution in [2.75, 3.05) is 12.3 Å². The van der Waals surface area contributed by atoms with Gasteiger partial charge >= 0.3 is 0 Å². The van der Waals surface area contributed by atoms with Crippen LogP contribution in [0.1, 0.15) is 23.9 Å². The maximum atomic E-state index is 12.8. The Balaban J connectivity index is 1.31. The van der Waals surface area contributed by atoms with Crippen molar-refractivity contribution < 1.29 is 9.21 Å². The molecule has 5 rings (SSSR count). The van der Waals surface area contributed by atoms with Gasteiger partial charge in [-0.3, -0.25) is 4.79 Å². The highest BCUT2D eigenvalue weighted by Crippen LogP contribution is 2.37. The van der Waals surface area contributed by atoms with E-state index in [2.05, 4.69) is 11.1 Å². The van der Waals surface area contributed by atoms with Gasteiger partial charge < -0.3 is 9.32 Å². The van der Waals surface area contributed by atoms with Crippen molar-refractivity contribution >= 4 is 50.3 Å². The standard InChI is InChI=1S/C20H17N3O2S2/c24-18(12-26-20-22-13-6-1-3-9-16(13)25-20)23-11-5-8-15(23)19-21-14-7-2-4-10-17(14)27-19/h1-4,6-7,9-10,15H,5,8,11-12H2. The summed E-state index contributed by atoms with van der Waals surface area (Å²) in [6, 6.07) is 15.9. The number of carbonyl (C=O) groups is 1. The number of hydrogen-bond acceptors (Lipinski definition) is 6. The molecule has 3 heterocycles. The van der Waals surface area contributed by atoms with E-state index in [0.29, 0.717) is 11.0 Å². The molecule has 0 radical (unpaired) electrons. The van der Waals surface area contributed by atoms with Crippen LogP contribution in [0.25, 0.3) is 21.3 Å². The average molecular weight is 396 g/mol. The zero-order valence-electron chi connectivity index (χ0n) is 14.5. The van der Waals surface area contributed by atoms with Gasteiger partial charge in [0.2, 0.25) is 5.91 Å². The molecule has 4 aromatic rings. The summed E-state index contributed by atoms with van der Waals surface area (Å²) in [5.41, 5.74) is 2.58. The largest absolute Gasteiger partial charge is 0.431 e.